The summed E-state index contributed by atoms with van der Waals surface area (Å²) in [6, 6.07) is 10.0. The van der Waals surface area contributed by atoms with Crippen molar-refractivity contribution in [2.24, 2.45) is 0 Å². The number of anilines is 1. The normalized spacial score (nSPS) is 14.4. The zero-order valence-corrected chi connectivity index (χ0v) is 14.1. The lowest BCUT2D eigenvalue weighted by molar-refractivity contribution is -0.0498. The van der Waals surface area contributed by atoms with Crippen LogP contribution in [0.15, 0.2) is 48.8 Å². The SMILES string of the molecule is O=C(NCc1cccc(OC(F)F)c1)N1CCN(c2ccncc2)CC1. The van der Waals surface area contributed by atoms with E-state index in [2.05, 4.69) is 19.9 Å². The van der Waals surface area contributed by atoms with Crippen molar-refractivity contribution in [1.29, 1.82) is 0 Å². The molecule has 0 aliphatic carbocycles. The Labute approximate surface area is 150 Å². The van der Waals surface area contributed by atoms with Gasteiger partial charge in [0.15, 0.2) is 0 Å². The lowest BCUT2D eigenvalue weighted by Crippen LogP contribution is -2.51. The molecule has 2 heterocycles. The molecule has 1 fully saturated rings. The predicted molar refractivity (Wildman–Crippen MR) is 93.3 cm³/mol. The Morgan fingerprint density at radius 1 is 1.15 bits per heavy atom. The minimum Gasteiger partial charge on any atom is -0.435 e. The number of rotatable bonds is 5. The smallest absolute Gasteiger partial charge is 0.387 e. The Morgan fingerprint density at radius 3 is 2.58 bits per heavy atom. The van der Waals surface area contributed by atoms with E-state index in [0.29, 0.717) is 18.7 Å². The number of nitrogens with one attached hydrogen (secondary N) is 1. The third kappa shape index (κ3) is 4.81. The zero-order chi connectivity index (χ0) is 18.4. The fraction of sp³-hybridized carbons (Fsp3) is 0.333. The molecule has 1 aromatic heterocycles. The molecule has 0 bridgehead atoms. The first-order valence-electron chi connectivity index (χ1n) is 8.33. The monoisotopic (exact) mass is 362 g/mol. The molecule has 0 saturated carbocycles. The maximum atomic E-state index is 12.3. The number of nitrogens with zero attached hydrogens (tertiary/aromatic N) is 3. The van der Waals surface area contributed by atoms with Gasteiger partial charge < -0.3 is 19.9 Å². The summed E-state index contributed by atoms with van der Waals surface area (Å²) < 4.78 is 28.9. The highest BCUT2D eigenvalue weighted by Gasteiger charge is 2.21. The number of halogens is 2. The highest BCUT2D eigenvalue weighted by Crippen LogP contribution is 2.17. The highest BCUT2D eigenvalue weighted by molar-refractivity contribution is 5.74. The molecule has 1 aromatic carbocycles. The molecular formula is C18H20F2N4O2. The van der Waals surface area contributed by atoms with Gasteiger partial charge in [-0.25, -0.2) is 4.79 Å². The van der Waals surface area contributed by atoms with Gasteiger partial charge in [0.05, 0.1) is 0 Å². The Hall–Kier alpha value is -2.90. The van der Waals surface area contributed by atoms with Gasteiger partial charge in [-0.15, -0.1) is 0 Å². The Morgan fingerprint density at radius 2 is 1.88 bits per heavy atom. The minimum absolute atomic E-state index is 0.0812. The molecule has 3 rings (SSSR count). The molecule has 6 nitrogen and oxygen atoms in total. The molecular weight excluding hydrogens is 342 g/mol. The van der Waals surface area contributed by atoms with E-state index in [0.717, 1.165) is 18.8 Å². The number of ether oxygens (including phenoxy) is 1. The van der Waals surface area contributed by atoms with E-state index in [4.69, 9.17) is 0 Å². The Kier molecular flexibility index (Phi) is 5.83. The van der Waals surface area contributed by atoms with Crippen LogP contribution in [0.4, 0.5) is 19.3 Å². The van der Waals surface area contributed by atoms with Gasteiger partial charge in [-0.1, -0.05) is 12.1 Å². The predicted octanol–water partition coefficient (Wildman–Crippen LogP) is 2.71. The van der Waals surface area contributed by atoms with Crippen LogP contribution in [0.1, 0.15) is 5.56 Å². The molecule has 1 aliphatic rings. The average Bonchev–Trinajstić information content (AvgIpc) is 2.67. The van der Waals surface area contributed by atoms with Gasteiger partial charge in [-0.2, -0.15) is 8.78 Å². The fourth-order valence-corrected chi connectivity index (χ4v) is 2.84. The molecule has 26 heavy (non-hydrogen) atoms. The van der Waals surface area contributed by atoms with E-state index in [9.17, 15) is 13.6 Å². The van der Waals surface area contributed by atoms with Crippen LogP contribution in [-0.4, -0.2) is 48.7 Å². The van der Waals surface area contributed by atoms with Crippen molar-refractivity contribution in [3.05, 3.63) is 54.4 Å². The van der Waals surface area contributed by atoms with Crippen molar-refractivity contribution in [3.8, 4) is 5.75 Å². The van der Waals surface area contributed by atoms with Gasteiger partial charge in [0.25, 0.3) is 0 Å². The van der Waals surface area contributed by atoms with E-state index >= 15 is 0 Å². The number of urea groups is 1. The van der Waals surface area contributed by atoms with Crippen LogP contribution in [-0.2, 0) is 6.54 Å². The molecule has 1 aliphatic heterocycles. The molecule has 8 heteroatoms. The van der Waals surface area contributed by atoms with Gasteiger partial charge in [-0.05, 0) is 29.8 Å². The van der Waals surface area contributed by atoms with Crippen LogP contribution >= 0.6 is 0 Å². The fourth-order valence-electron chi connectivity index (χ4n) is 2.84. The van der Waals surface area contributed by atoms with E-state index in [1.165, 1.54) is 12.1 Å². The highest BCUT2D eigenvalue weighted by atomic mass is 19.3. The summed E-state index contributed by atoms with van der Waals surface area (Å²) in [5.41, 5.74) is 1.79. The summed E-state index contributed by atoms with van der Waals surface area (Å²) in [6.07, 6.45) is 3.50. The number of hydrogen-bond donors (Lipinski definition) is 1. The van der Waals surface area contributed by atoms with Crippen LogP contribution < -0.4 is 15.0 Å². The van der Waals surface area contributed by atoms with Crippen molar-refractivity contribution in [2.45, 2.75) is 13.2 Å². The number of carbonyl (C=O) groups is 1. The first-order chi connectivity index (χ1) is 12.6. The number of benzene rings is 1. The van der Waals surface area contributed by atoms with Crippen LogP contribution in [0.25, 0.3) is 0 Å². The molecule has 0 spiro atoms. The lowest BCUT2D eigenvalue weighted by atomic mass is 10.2. The molecule has 1 saturated heterocycles. The third-order valence-electron chi connectivity index (χ3n) is 4.16. The van der Waals surface area contributed by atoms with Gasteiger partial charge >= 0.3 is 12.6 Å². The van der Waals surface area contributed by atoms with Gasteiger partial charge in [-0.3, -0.25) is 4.98 Å². The summed E-state index contributed by atoms with van der Waals surface area (Å²) in [4.78, 5) is 20.3. The molecule has 2 amide bonds. The first-order valence-corrected chi connectivity index (χ1v) is 8.33. The van der Waals surface area contributed by atoms with Crippen LogP contribution in [0.3, 0.4) is 0 Å². The van der Waals surface area contributed by atoms with Crippen molar-refractivity contribution in [2.75, 3.05) is 31.1 Å². The number of piperazine rings is 1. The maximum absolute atomic E-state index is 12.3. The van der Waals surface area contributed by atoms with Gasteiger partial charge in [0.1, 0.15) is 5.75 Å². The summed E-state index contributed by atoms with van der Waals surface area (Å²) in [5, 5.41) is 2.82. The zero-order valence-electron chi connectivity index (χ0n) is 14.1. The quantitative estimate of drug-likeness (QED) is 0.889. The average molecular weight is 362 g/mol. The van der Waals surface area contributed by atoms with Crippen molar-refractivity contribution < 1.29 is 18.3 Å². The van der Waals surface area contributed by atoms with Gasteiger partial charge in [0, 0.05) is 50.8 Å². The van der Waals surface area contributed by atoms with E-state index in [1.54, 1.807) is 29.4 Å². The van der Waals surface area contributed by atoms with E-state index < -0.39 is 6.61 Å². The summed E-state index contributed by atoms with van der Waals surface area (Å²) >= 11 is 0. The Bertz CT molecular complexity index is 722. The molecule has 1 N–H and O–H groups in total. The van der Waals surface area contributed by atoms with E-state index in [-0.39, 0.29) is 18.3 Å². The van der Waals surface area contributed by atoms with E-state index in [1.807, 2.05) is 12.1 Å². The first kappa shape index (κ1) is 17.9. The number of hydrogen-bond acceptors (Lipinski definition) is 4. The Balaban J connectivity index is 1.47. The molecule has 138 valence electrons. The topological polar surface area (TPSA) is 57.7 Å². The second kappa shape index (κ2) is 8.46. The van der Waals surface area contributed by atoms with Crippen LogP contribution in [0.5, 0.6) is 5.75 Å². The summed E-state index contributed by atoms with van der Waals surface area (Å²) in [5.74, 6) is 0.0812. The minimum atomic E-state index is -2.86. The molecule has 0 atom stereocenters. The number of amides is 2. The van der Waals surface area contributed by atoms with Gasteiger partial charge in [0.2, 0.25) is 0 Å². The standard InChI is InChI=1S/C18H20F2N4O2/c19-17(20)26-16-3-1-2-14(12-16)13-22-18(25)24-10-8-23(9-11-24)15-4-6-21-7-5-15/h1-7,12,17H,8-11,13H2,(H,22,25). The van der Waals surface area contributed by atoms with Crippen molar-refractivity contribution >= 4 is 11.7 Å². The van der Waals surface area contributed by atoms with Crippen LogP contribution in [0, 0.1) is 0 Å². The molecule has 2 aromatic rings. The lowest BCUT2D eigenvalue weighted by Gasteiger charge is -2.36. The number of alkyl halides is 2. The molecule has 0 unspecified atom stereocenters. The number of pyridine rings is 1. The number of aromatic nitrogens is 1. The van der Waals surface area contributed by atoms with Crippen LogP contribution in [0.2, 0.25) is 0 Å². The maximum Gasteiger partial charge on any atom is 0.387 e. The summed E-state index contributed by atoms with van der Waals surface area (Å²) in [6.45, 7) is 0.107. The second-order valence-electron chi connectivity index (χ2n) is 5.86. The largest absolute Gasteiger partial charge is 0.435 e. The molecule has 0 radical (unpaired) electrons. The number of carbonyl (C=O) groups excluding carboxylic acids is 1. The summed E-state index contributed by atoms with van der Waals surface area (Å²) in [7, 11) is 0. The third-order valence-corrected chi connectivity index (χ3v) is 4.16. The second-order valence-corrected chi connectivity index (χ2v) is 5.86. The van der Waals surface area contributed by atoms with Crippen molar-refractivity contribution in [1.82, 2.24) is 15.2 Å². The van der Waals surface area contributed by atoms with Crippen molar-refractivity contribution in [3.63, 3.8) is 0 Å².